The van der Waals surface area contributed by atoms with Crippen LogP contribution in [0.5, 0.6) is 0 Å². The molecule has 1 aliphatic heterocycles. The van der Waals surface area contributed by atoms with Gasteiger partial charge in [-0.15, -0.1) is 10.2 Å². The van der Waals surface area contributed by atoms with E-state index in [4.69, 9.17) is 16.0 Å². The van der Waals surface area contributed by atoms with Crippen LogP contribution < -0.4 is 5.32 Å². The zero-order valence-electron chi connectivity index (χ0n) is 16.0. The Bertz CT molecular complexity index is 1260. The molecule has 1 amide bonds. The first kappa shape index (κ1) is 18.8. The second-order valence-corrected chi connectivity index (χ2v) is 7.78. The van der Waals surface area contributed by atoms with Gasteiger partial charge in [0.25, 0.3) is 5.91 Å². The summed E-state index contributed by atoms with van der Waals surface area (Å²) in [5.74, 6) is 0.663. The number of anilines is 1. The van der Waals surface area contributed by atoms with Gasteiger partial charge >= 0.3 is 0 Å². The maximum Gasteiger partial charge on any atom is 0.291 e. The maximum atomic E-state index is 14.6. The maximum absolute atomic E-state index is 14.6. The molecule has 0 atom stereocenters. The average molecular weight is 425 g/mol. The van der Waals surface area contributed by atoms with Crippen LogP contribution in [-0.2, 0) is 13.0 Å². The van der Waals surface area contributed by atoms with Crippen LogP contribution in [0.3, 0.4) is 0 Å². The molecule has 3 heterocycles. The fraction of sp³-hybridized carbons (Fsp3) is 0.227. The Balaban J connectivity index is 1.45. The fourth-order valence-corrected chi connectivity index (χ4v) is 3.96. The molecule has 0 radical (unpaired) electrons. The Morgan fingerprint density at radius 3 is 2.90 bits per heavy atom. The molecule has 152 valence electrons. The SMILES string of the molecule is O=C(Nc1ccc(F)c(-c2nnc3n2CCCCC3)c1)c1cc2cc(Cl)ccc2o1. The predicted molar refractivity (Wildman–Crippen MR) is 112 cm³/mol. The lowest BCUT2D eigenvalue weighted by Gasteiger charge is -2.10. The van der Waals surface area contributed by atoms with Crippen LogP contribution in [-0.4, -0.2) is 20.7 Å². The van der Waals surface area contributed by atoms with E-state index in [0.717, 1.165) is 43.4 Å². The van der Waals surface area contributed by atoms with Crippen LogP contribution in [0.2, 0.25) is 5.02 Å². The van der Waals surface area contributed by atoms with E-state index in [-0.39, 0.29) is 5.76 Å². The zero-order valence-corrected chi connectivity index (χ0v) is 16.7. The van der Waals surface area contributed by atoms with Crippen molar-refractivity contribution < 1.29 is 13.6 Å². The van der Waals surface area contributed by atoms with E-state index in [1.807, 2.05) is 4.57 Å². The van der Waals surface area contributed by atoms with E-state index in [2.05, 4.69) is 15.5 Å². The Labute approximate surface area is 176 Å². The first-order valence-corrected chi connectivity index (χ1v) is 10.2. The van der Waals surface area contributed by atoms with Gasteiger partial charge in [0.05, 0.1) is 5.56 Å². The lowest BCUT2D eigenvalue weighted by molar-refractivity contribution is 0.0998. The standard InChI is InChI=1S/C22H18ClFN4O2/c23-14-5-8-18-13(10-14)11-19(30-18)22(29)25-15-6-7-17(24)16(12-15)21-27-26-20-4-2-1-3-9-28(20)21/h5-8,10-12H,1-4,9H2,(H,25,29). The highest BCUT2D eigenvalue weighted by molar-refractivity contribution is 6.31. The Kier molecular flexibility index (Phi) is 4.75. The summed E-state index contributed by atoms with van der Waals surface area (Å²) in [5.41, 5.74) is 1.32. The molecule has 2 aromatic heterocycles. The number of aromatic nitrogens is 3. The summed E-state index contributed by atoms with van der Waals surface area (Å²) < 4.78 is 22.2. The van der Waals surface area contributed by atoms with Gasteiger partial charge in [-0.3, -0.25) is 4.79 Å². The quantitative estimate of drug-likeness (QED) is 0.473. The Morgan fingerprint density at radius 1 is 1.10 bits per heavy atom. The van der Waals surface area contributed by atoms with Gasteiger partial charge in [0.1, 0.15) is 17.2 Å². The topological polar surface area (TPSA) is 73.0 Å². The van der Waals surface area contributed by atoms with Crippen LogP contribution in [0.25, 0.3) is 22.4 Å². The second-order valence-electron chi connectivity index (χ2n) is 7.34. The van der Waals surface area contributed by atoms with Crippen LogP contribution in [0, 0.1) is 5.82 Å². The van der Waals surface area contributed by atoms with Gasteiger partial charge < -0.3 is 14.3 Å². The highest BCUT2D eigenvalue weighted by Crippen LogP contribution is 2.28. The van der Waals surface area contributed by atoms with Gasteiger partial charge in [-0.05, 0) is 55.3 Å². The van der Waals surface area contributed by atoms with E-state index < -0.39 is 11.7 Å². The summed E-state index contributed by atoms with van der Waals surface area (Å²) in [4.78, 5) is 12.7. The molecule has 0 saturated heterocycles. The molecular formula is C22H18ClFN4O2. The number of amides is 1. The first-order valence-electron chi connectivity index (χ1n) is 9.81. The van der Waals surface area contributed by atoms with Crippen molar-refractivity contribution in [2.24, 2.45) is 0 Å². The molecule has 30 heavy (non-hydrogen) atoms. The number of hydrogen-bond donors (Lipinski definition) is 1. The molecule has 0 unspecified atom stereocenters. The molecule has 8 heteroatoms. The van der Waals surface area contributed by atoms with Crippen LogP contribution in [0.4, 0.5) is 10.1 Å². The van der Waals surface area contributed by atoms with Crippen molar-refractivity contribution in [2.45, 2.75) is 32.2 Å². The largest absolute Gasteiger partial charge is 0.451 e. The normalized spacial score (nSPS) is 13.8. The molecule has 2 aromatic carbocycles. The Morgan fingerprint density at radius 2 is 2.00 bits per heavy atom. The van der Waals surface area contributed by atoms with Crippen molar-refractivity contribution in [1.82, 2.24) is 14.8 Å². The number of fused-ring (bicyclic) bond motifs is 2. The van der Waals surface area contributed by atoms with Crippen molar-refractivity contribution in [2.75, 3.05) is 5.32 Å². The molecule has 4 aromatic rings. The third kappa shape index (κ3) is 3.45. The van der Waals surface area contributed by atoms with Crippen LogP contribution >= 0.6 is 11.6 Å². The number of furan rings is 1. The number of aryl methyl sites for hydroxylation is 1. The summed E-state index contributed by atoms with van der Waals surface area (Å²) in [6.07, 6.45) is 4.01. The van der Waals surface area contributed by atoms with Crippen molar-refractivity contribution in [1.29, 1.82) is 0 Å². The lowest BCUT2D eigenvalue weighted by Crippen LogP contribution is -2.11. The van der Waals surface area contributed by atoms with E-state index in [9.17, 15) is 9.18 Å². The van der Waals surface area contributed by atoms with Crippen LogP contribution in [0.15, 0.2) is 46.9 Å². The van der Waals surface area contributed by atoms with Gasteiger partial charge in [0.15, 0.2) is 11.6 Å². The second kappa shape index (κ2) is 7.57. The smallest absolute Gasteiger partial charge is 0.291 e. The van der Waals surface area contributed by atoms with Gasteiger partial charge in [-0.25, -0.2) is 4.39 Å². The number of carbonyl (C=O) groups excluding carboxylic acids is 1. The van der Waals surface area contributed by atoms with Gasteiger partial charge in [-0.1, -0.05) is 18.0 Å². The molecule has 1 aliphatic rings. The number of nitrogens with zero attached hydrogens (tertiary/aromatic N) is 3. The van der Waals surface area contributed by atoms with E-state index in [1.165, 1.54) is 12.1 Å². The average Bonchev–Trinajstić information content (AvgIpc) is 3.26. The minimum atomic E-state index is -0.431. The fourth-order valence-electron chi connectivity index (χ4n) is 3.78. The summed E-state index contributed by atoms with van der Waals surface area (Å²) in [6, 6.07) is 11.2. The van der Waals surface area contributed by atoms with Crippen molar-refractivity contribution in [3.8, 4) is 11.4 Å². The van der Waals surface area contributed by atoms with Crippen molar-refractivity contribution in [3.05, 3.63) is 64.9 Å². The van der Waals surface area contributed by atoms with Gasteiger partial charge in [-0.2, -0.15) is 0 Å². The minimum absolute atomic E-state index is 0.148. The van der Waals surface area contributed by atoms with Crippen LogP contribution in [0.1, 0.15) is 35.6 Å². The molecular weight excluding hydrogens is 407 g/mol. The number of nitrogens with one attached hydrogen (secondary N) is 1. The van der Waals surface area contributed by atoms with E-state index in [1.54, 1.807) is 30.3 Å². The van der Waals surface area contributed by atoms with E-state index >= 15 is 0 Å². The zero-order chi connectivity index (χ0) is 20.7. The summed E-state index contributed by atoms with van der Waals surface area (Å²) >= 11 is 5.99. The Hall–Kier alpha value is -3.19. The third-order valence-corrected chi connectivity index (χ3v) is 5.51. The summed E-state index contributed by atoms with van der Waals surface area (Å²) in [6.45, 7) is 0.759. The third-order valence-electron chi connectivity index (χ3n) is 5.28. The number of rotatable bonds is 3. The summed E-state index contributed by atoms with van der Waals surface area (Å²) in [5, 5.41) is 12.5. The molecule has 0 bridgehead atoms. The number of hydrogen-bond acceptors (Lipinski definition) is 4. The molecule has 0 spiro atoms. The first-order chi connectivity index (χ1) is 14.6. The number of carbonyl (C=O) groups is 1. The monoisotopic (exact) mass is 424 g/mol. The van der Waals surface area contributed by atoms with Crippen molar-refractivity contribution in [3.63, 3.8) is 0 Å². The highest BCUT2D eigenvalue weighted by Gasteiger charge is 2.20. The highest BCUT2D eigenvalue weighted by atomic mass is 35.5. The predicted octanol–water partition coefficient (Wildman–Crippen LogP) is 5.46. The van der Waals surface area contributed by atoms with Crippen molar-refractivity contribution >= 4 is 34.2 Å². The molecule has 6 nitrogen and oxygen atoms in total. The van der Waals surface area contributed by atoms with E-state index in [0.29, 0.717) is 27.7 Å². The van der Waals surface area contributed by atoms with Gasteiger partial charge in [0, 0.05) is 29.1 Å². The molecule has 1 N–H and O–H groups in total. The lowest BCUT2D eigenvalue weighted by atomic mass is 10.1. The number of halogens is 2. The van der Waals surface area contributed by atoms with Gasteiger partial charge in [0.2, 0.25) is 0 Å². The molecule has 0 fully saturated rings. The number of benzene rings is 2. The molecule has 0 aliphatic carbocycles. The minimum Gasteiger partial charge on any atom is -0.451 e. The summed E-state index contributed by atoms with van der Waals surface area (Å²) in [7, 11) is 0. The molecule has 5 rings (SSSR count). The molecule has 0 saturated carbocycles.